The van der Waals surface area contributed by atoms with E-state index in [-0.39, 0.29) is 12.4 Å². The molecule has 1 aliphatic carbocycles. The Morgan fingerprint density at radius 1 is 1.30 bits per heavy atom. The maximum Gasteiger partial charge on any atom is 0.191 e. The molecule has 20 heavy (non-hydrogen) atoms. The Hall–Kier alpha value is -0.820. The van der Waals surface area contributed by atoms with Crippen molar-refractivity contribution < 1.29 is 13.2 Å². The number of rotatable bonds is 8. The second-order valence-electron chi connectivity index (χ2n) is 5.13. The number of sulfone groups is 1. The summed E-state index contributed by atoms with van der Waals surface area (Å²) in [6, 6.07) is 0.527. The lowest BCUT2D eigenvalue weighted by Gasteiger charge is -2.16. The molecule has 0 aromatic carbocycles. The number of nitrogens with one attached hydrogen (secondary N) is 2. The van der Waals surface area contributed by atoms with Gasteiger partial charge >= 0.3 is 0 Å². The van der Waals surface area contributed by atoms with Crippen LogP contribution in [0.25, 0.3) is 0 Å². The SMILES string of the molecule is CCNC(=NCCOCCS(C)(=O)=O)NC1CCCC1. The third-order valence-electron chi connectivity index (χ3n) is 3.14. The maximum absolute atomic E-state index is 10.9. The predicted octanol–water partition coefficient (Wildman–Crippen LogP) is 0.545. The average Bonchev–Trinajstić information content (AvgIpc) is 2.85. The standard InChI is InChI=1S/C13H27N3O3S/c1-3-14-13(16-12-6-4-5-7-12)15-8-9-19-10-11-20(2,17)18/h12H,3-11H2,1-2H3,(H2,14,15,16). The Balaban J connectivity index is 2.21. The van der Waals surface area contributed by atoms with Crippen molar-refractivity contribution in [2.75, 3.05) is 38.3 Å². The van der Waals surface area contributed by atoms with E-state index in [1.807, 2.05) is 6.92 Å². The molecule has 1 saturated carbocycles. The van der Waals surface area contributed by atoms with Crippen molar-refractivity contribution >= 4 is 15.8 Å². The number of ether oxygens (including phenoxy) is 1. The van der Waals surface area contributed by atoms with Crippen LogP contribution >= 0.6 is 0 Å². The van der Waals surface area contributed by atoms with Crippen molar-refractivity contribution in [1.29, 1.82) is 0 Å². The van der Waals surface area contributed by atoms with Crippen LogP contribution in [0.3, 0.4) is 0 Å². The lowest BCUT2D eigenvalue weighted by molar-refractivity contribution is 0.157. The monoisotopic (exact) mass is 305 g/mol. The van der Waals surface area contributed by atoms with Crippen molar-refractivity contribution in [1.82, 2.24) is 10.6 Å². The Morgan fingerprint density at radius 3 is 2.60 bits per heavy atom. The highest BCUT2D eigenvalue weighted by Gasteiger charge is 2.15. The number of hydrogen-bond acceptors (Lipinski definition) is 4. The lowest BCUT2D eigenvalue weighted by Crippen LogP contribution is -2.42. The predicted molar refractivity (Wildman–Crippen MR) is 81.9 cm³/mol. The Bertz CT molecular complexity index is 390. The first-order chi connectivity index (χ1) is 9.51. The van der Waals surface area contributed by atoms with Crippen molar-refractivity contribution in [2.45, 2.75) is 38.6 Å². The van der Waals surface area contributed by atoms with Gasteiger partial charge < -0.3 is 15.4 Å². The highest BCUT2D eigenvalue weighted by atomic mass is 32.2. The van der Waals surface area contributed by atoms with E-state index < -0.39 is 9.84 Å². The largest absolute Gasteiger partial charge is 0.378 e. The zero-order chi connectivity index (χ0) is 14.8. The summed E-state index contributed by atoms with van der Waals surface area (Å²) in [6.07, 6.45) is 6.19. The summed E-state index contributed by atoms with van der Waals surface area (Å²) < 4.78 is 27.1. The molecule has 0 aromatic heterocycles. The fourth-order valence-corrected chi connectivity index (χ4v) is 2.54. The van der Waals surface area contributed by atoms with Gasteiger partial charge in [-0.2, -0.15) is 0 Å². The lowest BCUT2D eigenvalue weighted by atomic mass is 10.2. The molecule has 6 nitrogen and oxygen atoms in total. The van der Waals surface area contributed by atoms with Crippen LogP contribution in [0.1, 0.15) is 32.6 Å². The first kappa shape index (κ1) is 17.2. The molecule has 0 unspecified atom stereocenters. The summed E-state index contributed by atoms with van der Waals surface area (Å²) in [6.45, 7) is 4.07. The van der Waals surface area contributed by atoms with Crippen molar-refractivity contribution in [3.8, 4) is 0 Å². The van der Waals surface area contributed by atoms with Crippen molar-refractivity contribution in [3.63, 3.8) is 0 Å². The molecule has 0 radical (unpaired) electrons. The van der Waals surface area contributed by atoms with Crippen LogP contribution in [0.15, 0.2) is 4.99 Å². The zero-order valence-corrected chi connectivity index (χ0v) is 13.3. The second kappa shape index (κ2) is 9.18. The van der Waals surface area contributed by atoms with Gasteiger partial charge in [-0.3, -0.25) is 4.99 Å². The zero-order valence-electron chi connectivity index (χ0n) is 12.5. The number of hydrogen-bond donors (Lipinski definition) is 2. The molecule has 0 aromatic rings. The first-order valence-corrected chi connectivity index (χ1v) is 9.37. The number of aliphatic imine (C=N–C) groups is 1. The van der Waals surface area contributed by atoms with E-state index >= 15 is 0 Å². The summed E-state index contributed by atoms with van der Waals surface area (Å²) in [5.74, 6) is 0.892. The van der Waals surface area contributed by atoms with Crippen LogP contribution < -0.4 is 10.6 Å². The molecule has 7 heteroatoms. The molecular formula is C13H27N3O3S. The average molecular weight is 305 g/mol. The summed E-state index contributed by atoms with van der Waals surface area (Å²) in [5.41, 5.74) is 0. The minimum absolute atomic E-state index is 0.0666. The molecule has 0 atom stereocenters. The molecule has 118 valence electrons. The van der Waals surface area contributed by atoms with E-state index in [0.717, 1.165) is 12.5 Å². The van der Waals surface area contributed by atoms with E-state index in [2.05, 4.69) is 15.6 Å². The van der Waals surface area contributed by atoms with E-state index in [1.165, 1.54) is 31.9 Å². The van der Waals surface area contributed by atoms with Crippen LogP contribution in [0.5, 0.6) is 0 Å². The summed E-state index contributed by atoms with van der Waals surface area (Å²) >= 11 is 0. The third-order valence-corrected chi connectivity index (χ3v) is 4.05. The molecule has 2 N–H and O–H groups in total. The minimum atomic E-state index is -2.94. The fraction of sp³-hybridized carbons (Fsp3) is 0.923. The van der Waals surface area contributed by atoms with Gasteiger partial charge in [0.25, 0.3) is 0 Å². The molecule has 0 bridgehead atoms. The molecule has 1 aliphatic rings. The van der Waals surface area contributed by atoms with Crippen molar-refractivity contribution in [2.24, 2.45) is 4.99 Å². The molecule has 0 spiro atoms. The van der Waals surface area contributed by atoms with Crippen LogP contribution in [0.4, 0.5) is 0 Å². The third kappa shape index (κ3) is 8.37. The van der Waals surface area contributed by atoms with Gasteiger partial charge in [-0.25, -0.2) is 8.42 Å². The first-order valence-electron chi connectivity index (χ1n) is 7.31. The van der Waals surface area contributed by atoms with Gasteiger partial charge in [-0.05, 0) is 19.8 Å². The van der Waals surface area contributed by atoms with Gasteiger partial charge in [0.05, 0.1) is 25.5 Å². The topological polar surface area (TPSA) is 79.8 Å². The summed E-state index contributed by atoms with van der Waals surface area (Å²) in [5, 5.41) is 6.63. The Kier molecular flexibility index (Phi) is 7.91. The van der Waals surface area contributed by atoms with Gasteiger partial charge in [0.15, 0.2) is 5.96 Å². The minimum Gasteiger partial charge on any atom is -0.378 e. The number of guanidine groups is 1. The molecule has 1 rings (SSSR count). The van der Waals surface area contributed by atoms with E-state index in [4.69, 9.17) is 4.74 Å². The van der Waals surface area contributed by atoms with Crippen LogP contribution in [0, 0.1) is 0 Å². The molecule has 0 aliphatic heterocycles. The molecule has 1 fully saturated rings. The van der Waals surface area contributed by atoms with Gasteiger partial charge in [-0.1, -0.05) is 12.8 Å². The quantitative estimate of drug-likeness (QED) is 0.389. The fourth-order valence-electron chi connectivity index (χ4n) is 2.12. The summed E-state index contributed by atoms with van der Waals surface area (Å²) in [4.78, 5) is 4.43. The van der Waals surface area contributed by atoms with Crippen LogP contribution in [-0.4, -0.2) is 58.7 Å². The molecular weight excluding hydrogens is 278 g/mol. The van der Waals surface area contributed by atoms with Gasteiger partial charge in [-0.15, -0.1) is 0 Å². The Labute approximate surface area is 122 Å². The highest BCUT2D eigenvalue weighted by Crippen LogP contribution is 2.17. The van der Waals surface area contributed by atoms with Crippen molar-refractivity contribution in [3.05, 3.63) is 0 Å². The van der Waals surface area contributed by atoms with Gasteiger partial charge in [0.1, 0.15) is 9.84 Å². The Morgan fingerprint density at radius 2 is 2.00 bits per heavy atom. The van der Waals surface area contributed by atoms with Crippen LogP contribution in [-0.2, 0) is 14.6 Å². The second-order valence-corrected chi connectivity index (χ2v) is 7.39. The van der Waals surface area contributed by atoms with Gasteiger partial charge in [0, 0.05) is 18.8 Å². The summed E-state index contributed by atoms with van der Waals surface area (Å²) in [7, 11) is -2.94. The smallest absolute Gasteiger partial charge is 0.191 e. The maximum atomic E-state index is 10.9. The van der Waals surface area contributed by atoms with E-state index in [1.54, 1.807) is 0 Å². The molecule has 0 amide bonds. The molecule has 0 heterocycles. The normalized spacial score (nSPS) is 17.4. The number of nitrogens with zero attached hydrogens (tertiary/aromatic N) is 1. The van der Waals surface area contributed by atoms with E-state index in [9.17, 15) is 8.42 Å². The van der Waals surface area contributed by atoms with Crippen LogP contribution in [0.2, 0.25) is 0 Å². The highest BCUT2D eigenvalue weighted by molar-refractivity contribution is 7.90. The molecule has 0 saturated heterocycles. The van der Waals surface area contributed by atoms with Gasteiger partial charge in [0.2, 0.25) is 0 Å². The van der Waals surface area contributed by atoms with E-state index in [0.29, 0.717) is 19.2 Å².